The van der Waals surface area contributed by atoms with Gasteiger partial charge in [-0.1, -0.05) is 51.1 Å². The molecule has 0 saturated heterocycles. The Balaban J connectivity index is 2.18. The maximum atomic E-state index is 12.0. The van der Waals surface area contributed by atoms with E-state index in [-0.39, 0.29) is 11.5 Å². The molecule has 0 bridgehead atoms. The maximum absolute atomic E-state index is 12.0. The second-order valence-electron chi connectivity index (χ2n) is 6.37. The molecule has 1 fully saturated rings. The lowest BCUT2D eigenvalue weighted by Crippen LogP contribution is -2.24. The standard InChI is InChI=1S/C17H23NO2/c1-17(2,3)15(13-9-5-4-6-10-13)18-16(19)20-14-11-7-8-12-14/h4-6,9-10,14H,7-8,11-12H2,1-3H3. The van der Waals surface area contributed by atoms with Crippen LogP contribution in [0.15, 0.2) is 35.3 Å². The van der Waals surface area contributed by atoms with E-state index in [9.17, 15) is 4.79 Å². The van der Waals surface area contributed by atoms with Crippen LogP contribution in [0.25, 0.3) is 0 Å². The van der Waals surface area contributed by atoms with Crippen molar-refractivity contribution in [2.75, 3.05) is 0 Å². The van der Waals surface area contributed by atoms with Crippen LogP contribution in [-0.2, 0) is 4.74 Å². The molecule has 0 heterocycles. The van der Waals surface area contributed by atoms with Gasteiger partial charge >= 0.3 is 6.09 Å². The molecule has 1 aromatic rings. The zero-order valence-corrected chi connectivity index (χ0v) is 12.6. The van der Waals surface area contributed by atoms with E-state index in [2.05, 4.69) is 25.8 Å². The highest BCUT2D eigenvalue weighted by Gasteiger charge is 2.24. The zero-order valence-electron chi connectivity index (χ0n) is 12.6. The predicted octanol–water partition coefficient (Wildman–Crippen LogP) is 4.60. The summed E-state index contributed by atoms with van der Waals surface area (Å²) in [5, 5.41) is 0. The van der Waals surface area contributed by atoms with Crippen LogP contribution < -0.4 is 0 Å². The van der Waals surface area contributed by atoms with Crippen molar-refractivity contribution in [3.63, 3.8) is 0 Å². The first kappa shape index (κ1) is 14.8. The molecule has 1 aromatic carbocycles. The summed E-state index contributed by atoms with van der Waals surface area (Å²) < 4.78 is 5.43. The third-order valence-electron chi connectivity index (χ3n) is 3.53. The van der Waals surface area contributed by atoms with E-state index in [4.69, 9.17) is 4.74 Å². The second-order valence-corrected chi connectivity index (χ2v) is 6.37. The summed E-state index contributed by atoms with van der Waals surface area (Å²) in [4.78, 5) is 16.3. The van der Waals surface area contributed by atoms with Crippen LogP contribution in [0.2, 0.25) is 0 Å². The van der Waals surface area contributed by atoms with Gasteiger partial charge in [-0.3, -0.25) is 0 Å². The molecule has 0 N–H and O–H groups in total. The van der Waals surface area contributed by atoms with Crippen molar-refractivity contribution in [3.8, 4) is 0 Å². The topological polar surface area (TPSA) is 38.7 Å². The molecule has 0 spiro atoms. The van der Waals surface area contributed by atoms with Gasteiger partial charge in [0.05, 0.1) is 5.71 Å². The molecule has 0 radical (unpaired) electrons. The van der Waals surface area contributed by atoms with E-state index >= 15 is 0 Å². The van der Waals surface area contributed by atoms with Crippen molar-refractivity contribution in [1.29, 1.82) is 0 Å². The van der Waals surface area contributed by atoms with Crippen LogP contribution in [0.4, 0.5) is 4.79 Å². The van der Waals surface area contributed by atoms with Crippen molar-refractivity contribution in [3.05, 3.63) is 35.9 Å². The maximum Gasteiger partial charge on any atom is 0.434 e. The number of aliphatic imine (C=N–C) groups is 1. The molecule has 3 nitrogen and oxygen atoms in total. The average molecular weight is 273 g/mol. The Kier molecular flexibility index (Phi) is 4.58. The summed E-state index contributed by atoms with van der Waals surface area (Å²) in [5.41, 5.74) is 1.56. The number of ether oxygens (including phenoxy) is 1. The summed E-state index contributed by atoms with van der Waals surface area (Å²) in [6.07, 6.45) is 3.84. The fourth-order valence-electron chi connectivity index (χ4n) is 2.53. The fraction of sp³-hybridized carbons (Fsp3) is 0.529. The molecule has 0 atom stereocenters. The molecule has 1 aliphatic carbocycles. The van der Waals surface area contributed by atoms with Crippen molar-refractivity contribution in [2.45, 2.75) is 52.6 Å². The number of nitrogens with zero attached hydrogens (tertiary/aromatic N) is 1. The van der Waals surface area contributed by atoms with E-state index < -0.39 is 6.09 Å². The minimum Gasteiger partial charge on any atom is -0.445 e. The lowest BCUT2D eigenvalue weighted by Gasteiger charge is -2.21. The van der Waals surface area contributed by atoms with Gasteiger partial charge in [0.25, 0.3) is 0 Å². The highest BCUT2D eigenvalue weighted by molar-refractivity contribution is 6.08. The largest absolute Gasteiger partial charge is 0.445 e. The summed E-state index contributed by atoms with van der Waals surface area (Å²) in [6, 6.07) is 9.83. The Morgan fingerprint density at radius 1 is 1.15 bits per heavy atom. The number of rotatable bonds is 2. The highest BCUT2D eigenvalue weighted by atomic mass is 16.6. The molecule has 2 rings (SSSR count). The summed E-state index contributed by atoms with van der Waals surface area (Å²) in [5.74, 6) is 0. The minimum absolute atomic E-state index is 0.0586. The van der Waals surface area contributed by atoms with Gasteiger partial charge in [0.2, 0.25) is 0 Å². The second kappa shape index (κ2) is 6.21. The fourth-order valence-corrected chi connectivity index (χ4v) is 2.53. The van der Waals surface area contributed by atoms with Gasteiger partial charge < -0.3 is 4.74 Å². The van der Waals surface area contributed by atoms with Crippen molar-refractivity contribution >= 4 is 11.8 Å². The van der Waals surface area contributed by atoms with Gasteiger partial charge in [0.15, 0.2) is 0 Å². The zero-order chi connectivity index (χ0) is 14.6. The van der Waals surface area contributed by atoms with Gasteiger partial charge in [-0.25, -0.2) is 4.79 Å². The number of hydrogen-bond donors (Lipinski definition) is 0. The average Bonchev–Trinajstić information content (AvgIpc) is 2.88. The number of benzene rings is 1. The molecule has 0 aromatic heterocycles. The Morgan fingerprint density at radius 3 is 2.30 bits per heavy atom. The molecule has 0 unspecified atom stereocenters. The normalized spacial score (nSPS) is 17.2. The van der Waals surface area contributed by atoms with E-state index in [0.717, 1.165) is 37.0 Å². The third kappa shape index (κ3) is 3.92. The lowest BCUT2D eigenvalue weighted by molar-refractivity contribution is 0.110. The van der Waals surface area contributed by atoms with Crippen molar-refractivity contribution in [2.24, 2.45) is 10.4 Å². The van der Waals surface area contributed by atoms with E-state index in [0.29, 0.717) is 0 Å². The number of carbonyl (C=O) groups is 1. The first-order valence-electron chi connectivity index (χ1n) is 7.32. The van der Waals surface area contributed by atoms with Gasteiger partial charge in [-0.15, -0.1) is 0 Å². The first-order chi connectivity index (χ1) is 9.47. The molecule has 0 aliphatic heterocycles. The van der Waals surface area contributed by atoms with Gasteiger partial charge in [-0.05, 0) is 31.2 Å². The van der Waals surface area contributed by atoms with Crippen LogP contribution in [0, 0.1) is 5.41 Å². The highest BCUT2D eigenvalue weighted by Crippen LogP contribution is 2.24. The quantitative estimate of drug-likeness (QED) is 0.738. The van der Waals surface area contributed by atoms with Gasteiger partial charge in [0, 0.05) is 5.41 Å². The smallest absolute Gasteiger partial charge is 0.434 e. The summed E-state index contributed by atoms with van der Waals surface area (Å²) in [6.45, 7) is 6.17. The van der Waals surface area contributed by atoms with Crippen LogP contribution in [0.5, 0.6) is 0 Å². The van der Waals surface area contributed by atoms with Gasteiger partial charge in [-0.2, -0.15) is 4.99 Å². The Hall–Kier alpha value is -1.64. The molecule has 108 valence electrons. The SMILES string of the molecule is CC(C)(C)C(=NC(=O)OC1CCCC1)c1ccccc1. The summed E-state index contributed by atoms with van der Waals surface area (Å²) in [7, 11) is 0. The molecular weight excluding hydrogens is 250 g/mol. The number of carbonyl (C=O) groups excluding carboxylic acids is 1. The van der Waals surface area contributed by atoms with Crippen LogP contribution in [0.3, 0.4) is 0 Å². The lowest BCUT2D eigenvalue weighted by atomic mass is 9.85. The first-order valence-corrected chi connectivity index (χ1v) is 7.32. The number of hydrogen-bond acceptors (Lipinski definition) is 2. The minimum atomic E-state index is -0.453. The molecule has 20 heavy (non-hydrogen) atoms. The van der Waals surface area contributed by atoms with Gasteiger partial charge in [0.1, 0.15) is 6.10 Å². The Morgan fingerprint density at radius 2 is 1.75 bits per heavy atom. The van der Waals surface area contributed by atoms with Crippen LogP contribution in [0.1, 0.15) is 52.0 Å². The predicted molar refractivity (Wildman–Crippen MR) is 81.2 cm³/mol. The molecule has 1 saturated carbocycles. The molecular formula is C17H23NO2. The van der Waals surface area contributed by atoms with E-state index in [1.807, 2.05) is 30.3 Å². The van der Waals surface area contributed by atoms with Crippen LogP contribution in [-0.4, -0.2) is 17.9 Å². The summed E-state index contributed by atoms with van der Waals surface area (Å²) >= 11 is 0. The molecule has 1 amide bonds. The Labute approximate surface area is 121 Å². The van der Waals surface area contributed by atoms with Crippen molar-refractivity contribution in [1.82, 2.24) is 0 Å². The van der Waals surface area contributed by atoms with E-state index in [1.54, 1.807) is 0 Å². The molecule has 1 aliphatic rings. The monoisotopic (exact) mass is 273 g/mol. The Bertz CT molecular complexity index is 479. The third-order valence-corrected chi connectivity index (χ3v) is 3.53. The van der Waals surface area contributed by atoms with E-state index in [1.165, 1.54) is 0 Å². The van der Waals surface area contributed by atoms with Crippen LogP contribution >= 0.6 is 0 Å². The number of amides is 1. The molecule has 3 heteroatoms. The van der Waals surface area contributed by atoms with Crippen molar-refractivity contribution < 1.29 is 9.53 Å².